The average Bonchev–Trinajstić information content (AvgIpc) is 2.31. The van der Waals surface area contributed by atoms with E-state index in [1.54, 1.807) is 0 Å². The molecule has 0 atom stereocenters. The average molecular weight is 299 g/mol. The third-order valence-electron chi connectivity index (χ3n) is 3.08. The molecule has 1 aliphatic rings. The van der Waals surface area contributed by atoms with E-state index in [0.717, 1.165) is 49.6 Å². The molecule has 2 rings (SSSR count). The molecule has 0 spiro atoms. The molecule has 1 aliphatic heterocycles. The molecule has 1 saturated heterocycles. The SMILES string of the molecule is Cc1cnc(N2CCN(CCN)CC2)c(Br)c1. The highest BCUT2D eigenvalue weighted by Crippen LogP contribution is 2.25. The number of rotatable bonds is 3. The standard InChI is InChI=1S/C12H19BrN4/c1-10-8-11(13)12(15-9-10)17-6-4-16(3-2-14)5-7-17/h8-9H,2-7,14H2,1H3. The Balaban J connectivity index is 2.00. The summed E-state index contributed by atoms with van der Waals surface area (Å²) in [6, 6.07) is 2.12. The maximum atomic E-state index is 5.57. The van der Waals surface area contributed by atoms with E-state index in [1.807, 2.05) is 6.20 Å². The highest BCUT2D eigenvalue weighted by Gasteiger charge is 2.18. The van der Waals surface area contributed by atoms with Crippen molar-refractivity contribution >= 4 is 21.7 Å². The molecule has 2 N–H and O–H groups in total. The lowest BCUT2D eigenvalue weighted by Gasteiger charge is -2.35. The highest BCUT2D eigenvalue weighted by atomic mass is 79.9. The Bertz CT molecular complexity index is 375. The highest BCUT2D eigenvalue weighted by molar-refractivity contribution is 9.10. The molecule has 1 aromatic heterocycles. The summed E-state index contributed by atoms with van der Waals surface area (Å²) < 4.78 is 1.09. The number of aromatic nitrogens is 1. The maximum Gasteiger partial charge on any atom is 0.142 e. The molecule has 5 heteroatoms. The van der Waals surface area contributed by atoms with Gasteiger partial charge in [0.1, 0.15) is 5.82 Å². The minimum absolute atomic E-state index is 0.743. The van der Waals surface area contributed by atoms with E-state index in [2.05, 4.69) is 43.7 Å². The van der Waals surface area contributed by atoms with E-state index in [9.17, 15) is 0 Å². The van der Waals surface area contributed by atoms with Crippen molar-refractivity contribution < 1.29 is 0 Å². The molecule has 0 unspecified atom stereocenters. The second-order valence-electron chi connectivity index (χ2n) is 4.44. The zero-order chi connectivity index (χ0) is 12.3. The zero-order valence-electron chi connectivity index (χ0n) is 10.2. The molecule has 0 aliphatic carbocycles. The Morgan fingerprint density at radius 1 is 1.35 bits per heavy atom. The van der Waals surface area contributed by atoms with Crippen molar-refractivity contribution in [3.05, 3.63) is 22.3 Å². The van der Waals surface area contributed by atoms with Crippen LogP contribution in [0.5, 0.6) is 0 Å². The molecule has 17 heavy (non-hydrogen) atoms. The van der Waals surface area contributed by atoms with E-state index in [4.69, 9.17) is 5.73 Å². The van der Waals surface area contributed by atoms with Crippen LogP contribution in [0.3, 0.4) is 0 Å². The fourth-order valence-electron chi connectivity index (χ4n) is 2.12. The summed E-state index contributed by atoms with van der Waals surface area (Å²) in [5.74, 6) is 1.06. The van der Waals surface area contributed by atoms with Crippen LogP contribution in [0.4, 0.5) is 5.82 Å². The summed E-state index contributed by atoms with van der Waals surface area (Å²) in [5.41, 5.74) is 6.75. The third kappa shape index (κ3) is 3.18. The van der Waals surface area contributed by atoms with Gasteiger partial charge in [-0.15, -0.1) is 0 Å². The first-order valence-corrected chi connectivity index (χ1v) is 6.79. The Hall–Kier alpha value is -0.650. The van der Waals surface area contributed by atoms with E-state index in [-0.39, 0.29) is 0 Å². The maximum absolute atomic E-state index is 5.57. The van der Waals surface area contributed by atoms with Gasteiger partial charge in [0.05, 0.1) is 4.47 Å². The molecule has 0 bridgehead atoms. The Morgan fingerprint density at radius 2 is 2.06 bits per heavy atom. The first-order chi connectivity index (χ1) is 8.20. The van der Waals surface area contributed by atoms with Crippen LogP contribution in [0.15, 0.2) is 16.7 Å². The van der Waals surface area contributed by atoms with Gasteiger partial charge in [-0.1, -0.05) is 0 Å². The molecular weight excluding hydrogens is 280 g/mol. The second-order valence-corrected chi connectivity index (χ2v) is 5.29. The second kappa shape index (κ2) is 5.80. The predicted molar refractivity (Wildman–Crippen MR) is 74.4 cm³/mol. The summed E-state index contributed by atoms with van der Waals surface area (Å²) in [6.45, 7) is 7.98. The molecule has 0 saturated carbocycles. The lowest BCUT2D eigenvalue weighted by Crippen LogP contribution is -2.48. The van der Waals surface area contributed by atoms with Crippen molar-refractivity contribution in [1.29, 1.82) is 0 Å². The van der Waals surface area contributed by atoms with Gasteiger partial charge in [-0.2, -0.15) is 0 Å². The fraction of sp³-hybridized carbons (Fsp3) is 0.583. The van der Waals surface area contributed by atoms with Crippen LogP contribution in [0.25, 0.3) is 0 Å². The fourth-order valence-corrected chi connectivity index (χ4v) is 2.84. The van der Waals surface area contributed by atoms with Crippen molar-refractivity contribution in [3.63, 3.8) is 0 Å². The van der Waals surface area contributed by atoms with Crippen molar-refractivity contribution in [2.24, 2.45) is 5.73 Å². The van der Waals surface area contributed by atoms with Crippen molar-refractivity contribution in [1.82, 2.24) is 9.88 Å². The number of halogens is 1. The Labute approximate surface area is 111 Å². The largest absolute Gasteiger partial charge is 0.353 e. The van der Waals surface area contributed by atoms with E-state index in [1.165, 1.54) is 5.56 Å². The Morgan fingerprint density at radius 3 is 2.65 bits per heavy atom. The number of anilines is 1. The number of hydrogen-bond donors (Lipinski definition) is 1. The number of piperazine rings is 1. The van der Waals surface area contributed by atoms with Crippen LogP contribution in [-0.4, -0.2) is 49.2 Å². The van der Waals surface area contributed by atoms with Gasteiger partial charge < -0.3 is 10.6 Å². The van der Waals surface area contributed by atoms with Crippen LogP contribution in [0.1, 0.15) is 5.56 Å². The number of hydrogen-bond acceptors (Lipinski definition) is 4. The van der Waals surface area contributed by atoms with E-state index in [0.29, 0.717) is 0 Å². The van der Waals surface area contributed by atoms with Gasteiger partial charge >= 0.3 is 0 Å². The number of nitrogens with two attached hydrogens (primary N) is 1. The van der Waals surface area contributed by atoms with Gasteiger partial charge in [-0.3, -0.25) is 4.90 Å². The topological polar surface area (TPSA) is 45.4 Å². The number of pyridine rings is 1. The van der Waals surface area contributed by atoms with Gasteiger partial charge in [0.25, 0.3) is 0 Å². The molecule has 0 amide bonds. The monoisotopic (exact) mass is 298 g/mol. The minimum Gasteiger partial charge on any atom is -0.353 e. The third-order valence-corrected chi connectivity index (χ3v) is 3.66. The normalized spacial score (nSPS) is 17.5. The lowest BCUT2D eigenvalue weighted by molar-refractivity contribution is 0.264. The Kier molecular flexibility index (Phi) is 4.36. The smallest absolute Gasteiger partial charge is 0.142 e. The summed E-state index contributed by atoms with van der Waals surface area (Å²) >= 11 is 3.59. The quantitative estimate of drug-likeness (QED) is 0.912. The lowest BCUT2D eigenvalue weighted by atomic mass is 10.2. The zero-order valence-corrected chi connectivity index (χ0v) is 11.8. The van der Waals surface area contributed by atoms with Gasteiger partial charge in [0, 0.05) is 45.5 Å². The van der Waals surface area contributed by atoms with Gasteiger partial charge in [0.15, 0.2) is 0 Å². The molecule has 94 valence electrons. The summed E-state index contributed by atoms with van der Waals surface area (Å²) in [4.78, 5) is 9.24. The molecule has 0 aromatic carbocycles. The van der Waals surface area contributed by atoms with Gasteiger partial charge in [-0.05, 0) is 34.5 Å². The van der Waals surface area contributed by atoms with Crippen molar-refractivity contribution in [2.45, 2.75) is 6.92 Å². The molecule has 0 radical (unpaired) electrons. The summed E-state index contributed by atoms with van der Waals surface area (Å²) in [5, 5.41) is 0. The summed E-state index contributed by atoms with van der Waals surface area (Å²) in [7, 11) is 0. The van der Waals surface area contributed by atoms with Crippen LogP contribution in [0.2, 0.25) is 0 Å². The van der Waals surface area contributed by atoms with Gasteiger partial charge in [0.2, 0.25) is 0 Å². The van der Waals surface area contributed by atoms with Crippen LogP contribution in [0, 0.1) is 6.92 Å². The first kappa shape index (κ1) is 12.8. The molecular formula is C12H19BrN4. The van der Waals surface area contributed by atoms with Crippen LogP contribution in [-0.2, 0) is 0 Å². The molecule has 2 heterocycles. The first-order valence-electron chi connectivity index (χ1n) is 6.00. The minimum atomic E-state index is 0.743. The number of nitrogens with zero attached hydrogens (tertiary/aromatic N) is 3. The van der Waals surface area contributed by atoms with Crippen molar-refractivity contribution in [3.8, 4) is 0 Å². The van der Waals surface area contributed by atoms with Crippen LogP contribution >= 0.6 is 15.9 Å². The molecule has 1 fully saturated rings. The van der Waals surface area contributed by atoms with Crippen LogP contribution < -0.4 is 10.6 Å². The van der Waals surface area contributed by atoms with E-state index < -0.39 is 0 Å². The predicted octanol–water partition coefficient (Wildman–Crippen LogP) is 1.23. The molecule has 1 aromatic rings. The van der Waals surface area contributed by atoms with Gasteiger partial charge in [-0.25, -0.2) is 4.98 Å². The van der Waals surface area contributed by atoms with E-state index >= 15 is 0 Å². The van der Waals surface area contributed by atoms with Crippen molar-refractivity contribution in [2.75, 3.05) is 44.2 Å². The molecule has 4 nitrogen and oxygen atoms in total. The number of aryl methyl sites for hydroxylation is 1. The summed E-state index contributed by atoms with van der Waals surface area (Å²) in [6.07, 6.45) is 1.92.